The fourth-order valence-corrected chi connectivity index (χ4v) is 0.603. The van der Waals surface area contributed by atoms with Gasteiger partial charge in [-0.3, -0.25) is 4.79 Å². The first-order valence-corrected chi connectivity index (χ1v) is 3.44. The van der Waals surface area contributed by atoms with Gasteiger partial charge in [0.25, 0.3) is 0 Å². The van der Waals surface area contributed by atoms with E-state index in [9.17, 15) is 9.59 Å². The van der Waals surface area contributed by atoms with Gasteiger partial charge in [0.1, 0.15) is 0 Å². The van der Waals surface area contributed by atoms with Crippen molar-refractivity contribution in [2.45, 2.75) is 20.3 Å². The first-order valence-electron chi connectivity index (χ1n) is 3.44. The predicted molar refractivity (Wildman–Crippen MR) is 37.9 cm³/mol. The van der Waals surface area contributed by atoms with Crippen molar-refractivity contribution in [3.63, 3.8) is 0 Å². The fourth-order valence-electron chi connectivity index (χ4n) is 0.603. The maximum atomic E-state index is 10.7. The molecule has 0 unspecified atom stereocenters. The third-order valence-electron chi connectivity index (χ3n) is 1.20. The zero-order valence-corrected chi connectivity index (χ0v) is 6.75. The van der Waals surface area contributed by atoms with E-state index in [1.54, 1.807) is 6.92 Å². The summed E-state index contributed by atoms with van der Waals surface area (Å²) in [6.45, 7) is 3.11. The van der Waals surface area contributed by atoms with Gasteiger partial charge in [-0.1, -0.05) is 6.92 Å². The van der Waals surface area contributed by atoms with Crippen LogP contribution in [0.5, 0.6) is 5.95 Å². The molecule has 1 rings (SSSR count). The van der Waals surface area contributed by atoms with Gasteiger partial charge in [0, 0.05) is 13.3 Å². The van der Waals surface area contributed by atoms with Crippen LogP contribution in [0.3, 0.4) is 0 Å². The van der Waals surface area contributed by atoms with Crippen LogP contribution in [-0.4, -0.2) is 5.97 Å². The van der Waals surface area contributed by atoms with Crippen molar-refractivity contribution in [1.29, 1.82) is 0 Å². The van der Waals surface area contributed by atoms with Crippen LogP contribution in [0.15, 0.2) is 13.6 Å². The third kappa shape index (κ3) is 1.75. The summed E-state index contributed by atoms with van der Waals surface area (Å²) in [4.78, 5) is 21.2. The molecule has 1 heterocycles. The molecule has 1 aromatic rings. The predicted octanol–water partition coefficient (Wildman–Crippen LogP) is 0.857. The highest BCUT2D eigenvalue weighted by Gasteiger charge is 2.12. The maximum Gasteiger partial charge on any atom is 0.521 e. The zero-order chi connectivity index (χ0) is 9.14. The number of hydrogen-bond acceptors (Lipinski definition) is 5. The number of hydrogen-bond donors (Lipinski definition) is 0. The summed E-state index contributed by atoms with van der Waals surface area (Å²) < 4.78 is 13.5. The van der Waals surface area contributed by atoms with Crippen LogP contribution < -0.4 is 10.6 Å². The van der Waals surface area contributed by atoms with E-state index in [0.717, 1.165) is 0 Å². The van der Waals surface area contributed by atoms with Crippen molar-refractivity contribution < 1.29 is 18.4 Å². The molecule has 5 heteroatoms. The number of carbonyl (C=O) groups is 1. The quantitative estimate of drug-likeness (QED) is 0.618. The van der Waals surface area contributed by atoms with Crippen LogP contribution in [0.1, 0.15) is 19.1 Å². The average molecular weight is 172 g/mol. The monoisotopic (exact) mass is 172 g/mol. The Labute approximate surface area is 67.9 Å². The molecule has 5 nitrogen and oxygen atoms in total. The van der Waals surface area contributed by atoms with Crippen LogP contribution in [0.2, 0.25) is 0 Å². The molecule has 0 atom stereocenters. The van der Waals surface area contributed by atoms with Gasteiger partial charge in [-0.15, -0.1) is 0 Å². The second-order valence-electron chi connectivity index (χ2n) is 2.13. The van der Waals surface area contributed by atoms with Crippen LogP contribution in [0.4, 0.5) is 0 Å². The third-order valence-corrected chi connectivity index (χ3v) is 1.20. The molecule has 0 bridgehead atoms. The van der Waals surface area contributed by atoms with Crippen molar-refractivity contribution in [3.05, 3.63) is 16.4 Å². The zero-order valence-electron chi connectivity index (χ0n) is 6.75. The van der Waals surface area contributed by atoms with Crippen LogP contribution in [-0.2, 0) is 4.79 Å². The number of rotatable bonds is 2. The molecule has 0 saturated carbocycles. The highest BCUT2D eigenvalue weighted by atomic mass is 16.7. The molecule has 0 aromatic carbocycles. The van der Waals surface area contributed by atoms with Crippen molar-refractivity contribution >= 4 is 5.97 Å². The first kappa shape index (κ1) is 8.58. The van der Waals surface area contributed by atoms with E-state index < -0.39 is 11.8 Å². The summed E-state index contributed by atoms with van der Waals surface area (Å²) >= 11 is 0. The summed E-state index contributed by atoms with van der Waals surface area (Å²) in [5.41, 5.74) is 0. The SMILES string of the molecule is CCC(=O)Oc1oc(=O)oc1C. The average Bonchev–Trinajstić information content (AvgIpc) is 2.30. The Kier molecular flexibility index (Phi) is 2.32. The molecular formula is C7H8O5. The van der Waals surface area contributed by atoms with Gasteiger partial charge in [0.2, 0.25) is 0 Å². The van der Waals surface area contributed by atoms with E-state index >= 15 is 0 Å². The highest BCUT2D eigenvalue weighted by molar-refractivity contribution is 5.71. The summed E-state index contributed by atoms with van der Waals surface area (Å²) in [5.74, 6) is -1.33. The summed E-state index contributed by atoms with van der Waals surface area (Å²) in [6, 6.07) is 0. The summed E-state index contributed by atoms with van der Waals surface area (Å²) in [7, 11) is 0. The number of carbonyl (C=O) groups excluding carboxylic acids is 1. The molecule has 0 aliphatic heterocycles. The Morgan fingerprint density at radius 2 is 2.17 bits per heavy atom. The van der Waals surface area contributed by atoms with Gasteiger partial charge in [-0.2, -0.15) is 0 Å². The minimum atomic E-state index is -0.869. The van der Waals surface area contributed by atoms with Crippen molar-refractivity contribution in [3.8, 4) is 5.95 Å². The highest BCUT2D eigenvalue weighted by Crippen LogP contribution is 2.14. The Hall–Kier alpha value is -1.52. The number of aryl methyl sites for hydroxylation is 1. The van der Waals surface area contributed by atoms with Gasteiger partial charge < -0.3 is 13.6 Å². The van der Waals surface area contributed by atoms with E-state index in [4.69, 9.17) is 0 Å². The smallest absolute Gasteiger partial charge is 0.392 e. The minimum Gasteiger partial charge on any atom is -0.392 e. The number of esters is 1. The van der Waals surface area contributed by atoms with E-state index in [1.165, 1.54) is 6.92 Å². The topological polar surface area (TPSA) is 69.7 Å². The Bertz CT molecular complexity index is 332. The lowest BCUT2D eigenvalue weighted by atomic mass is 10.5. The molecule has 0 N–H and O–H groups in total. The largest absolute Gasteiger partial charge is 0.521 e. The van der Waals surface area contributed by atoms with Gasteiger partial charge in [0.05, 0.1) is 0 Å². The second-order valence-corrected chi connectivity index (χ2v) is 2.13. The molecule has 0 aliphatic carbocycles. The lowest BCUT2D eigenvalue weighted by molar-refractivity contribution is -0.135. The number of ether oxygens (including phenoxy) is 1. The molecule has 0 spiro atoms. The molecule has 0 fully saturated rings. The molecule has 66 valence electrons. The van der Waals surface area contributed by atoms with Gasteiger partial charge >= 0.3 is 17.7 Å². The summed E-state index contributed by atoms with van der Waals surface area (Å²) in [6.07, 6.45) is 0.217. The lowest BCUT2D eigenvalue weighted by Crippen LogP contribution is -2.05. The van der Waals surface area contributed by atoms with Crippen molar-refractivity contribution in [2.24, 2.45) is 0 Å². The Balaban J connectivity index is 2.82. The lowest BCUT2D eigenvalue weighted by Gasteiger charge is -1.94. The van der Waals surface area contributed by atoms with E-state index in [0.29, 0.717) is 0 Å². The normalized spacial score (nSPS) is 9.83. The molecular weight excluding hydrogens is 164 g/mol. The van der Waals surface area contributed by atoms with Gasteiger partial charge in [0.15, 0.2) is 5.76 Å². The minimum absolute atomic E-state index is 0.160. The van der Waals surface area contributed by atoms with Gasteiger partial charge in [-0.05, 0) is 0 Å². The second kappa shape index (κ2) is 3.25. The Morgan fingerprint density at radius 3 is 2.58 bits per heavy atom. The molecule has 0 radical (unpaired) electrons. The van der Waals surface area contributed by atoms with E-state index in [2.05, 4.69) is 13.6 Å². The van der Waals surface area contributed by atoms with Crippen molar-refractivity contribution in [2.75, 3.05) is 0 Å². The standard InChI is InChI=1S/C7H8O5/c1-3-5(8)11-6-4(2)10-7(9)12-6/h3H2,1-2H3. The molecule has 12 heavy (non-hydrogen) atoms. The first-order chi connectivity index (χ1) is 5.63. The van der Waals surface area contributed by atoms with E-state index in [1.807, 2.05) is 0 Å². The maximum absolute atomic E-state index is 10.7. The molecule has 1 aromatic heterocycles. The molecule has 0 saturated heterocycles. The van der Waals surface area contributed by atoms with Gasteiger partial charge in [-0.25, -0.2) is 4.79 Å². The fraction of sp³-hybridized carbons (Fsp3) is 0.429. The Morgan fingerprint density at radius 1 is 1.50 bits per heavy atom. The van der Waals surface area contributed by atoms with Crippen LogP contribution >= 0.6 is 0 Å². The van der Waals surface area contributed by atoms with Crippen LogP contribution in [0, 0.1) is 6.92 Å². The molecule has 0 amide bonds. The summed E-state index contributed by atoms with van der Waals surface area (Å²) in [5, 5.41) is 0. The van der Waals surface area contributed by atoms with E-state index in [-0.39, 0.29) is 18.1 Å². The van der Waals surface area contributed by atoms with Crippen LogP contribution in [0.25, 0.3) is 0 Å². The van der Waals surface area contributed by atoms with Crippen molar-refractivity contribution in [1.82, 2.24) is 0 Å². The molecule has 0 aliphatic rings.